The summed E-state index contributed by atoms with van der Waals surface area (Å²) in [5.41, 5.74) is 5.19. The molecule has 0 fully saturated rings. The molecule has 0 saturated carbocycles. The molecule has 7 heteroatoms. The van der Waals surface area contributed by atoms with Crippen LogP contribution in [-0.4, -0.2) is 22.9 Å². The first kappa shape index (κ1) is 10.8. The maximum atomic E-state index is 10.1. The van der Waals surface area contributed by atoms with Gasteiger partial charge in [0.25, 0.3) is 0 Å². The van der Waals surface area contributed by atoms with Gasteiger partial charge in [-0.25, -0.2) is 0 Å². The maximum Gasteiger partial charge on any atom is 0.321 e. The van der Waals surface area contributed by atoms with Crippen molar-refractivity contribution in [2.45, 2.75) is 6.04 Å². The third-order valence-electron chi connectivity index (χ3n) is 0.643. The van der Waals surface area contributed by atoms with Crippen LogP contribution in [0.5, 0.6) is 0 Å². The highest BCUT2D eigenvalue weighted by molar-refractivity contribution is 9.23. The fourth-order valence-electron chi connectivity index (χ4n) is 0.194. The number of carbonyl (C=O) groups is 1. The topological polar surface area (TPSA) is 63.3 Å². The van der Waals surface area contributed by atoms with E-state index in [0.717, 1.165) is 0 Å². The smallest absolute Gasteiger partial charge is 0.321 e. The molecule has 0 aliphatic heterocycles. The summed E-state index contributed by atoms with van der Waals surface area (Å²) in [4.78, 5) is 10.1. The monoisotopic (exact) mass is 217 g/mol. The molecule has 0 amide bonds. The zero-order valence-electron chi connectivity index (χ0n) is 4.89. The number of thiol groups is 1. The van der Waals surface area contributed by atoms with E-state index in [9.17, 15) is 4.79 Å². The summed E-state index contributed by atoms with van der Waals surface area (Å²) in [6, 6.07) is -0.766. The van der Waals surface area contributed by atoms with E-state index < -0.39 is 12.0 Å². The molecule has 3 nitrogen and oxygen atoms in total. The zero-order valence-corrected chi connectivity index (χ0v) is 8.23. The van der Waals surface area contributed by atoms with Gasteiger partial charge in [0.05, 0.1) is 0 Å². The molecule has 0 rings (SSSR count). The van der Waals surface area contributed by atoms with Crippen molar-refractivity contribution in [3.8, 4) is 0 Å². The van der Waals surface area contributed by atoms with Gasteiger partial charge >= 0.3 is 5.97 Å². The van der Waals surface area contributed by atoms with Gasteiger partial charge in [0.2, 0.25) is 0 Å². The van der Waals surface area contributed by atoms with Crippen molar-refractivity contribution in [1.82, 2.24) is 0 Å². The van der Waals surface area contributed by atoms with E-state index in [-0.39, 0.29) is 0 Å². The molecule has 0 aromatic rings. The summed E-state index contributed by atoms with van der Waals surface area (Å²) < 4.78 is 0. The Morgan fingerprint density at radius 2 is 2.40 bits per heavy atom. The van der Waals surface area contributed by atoms with Crippen molar-refractivity contribution in [3.63, 3.8) is 0 Å². The molecule has 3 N–H and O–H groups in total. The van der Waals surface area contributed by atoms with Crippen molar-refractivity contribution in [1.29, 1.82) is 0 Å². The lowest BCUT2D eigenvalue weighted by Crippen LogP contribution is -2.32. The summed E-state index contributed by atoms with van der Waals surface area (Å²) in [6.45, 7) is 0. The Kier molecular flexibility index (Phi) is 7.08. The highest BCUT2D eigenvalue weighted by Gasteiger charge is 2.10. The Morgan fingerprint density at radius 1 is 1.80 bits per heavy atom. The van der Waals surface area contributed by atoms with E-state index in [4.69, 9.17) is 10.8 Å². The molecule has 0 aromatic heterocycles. The molecular formula is C3H7NO2S4. The predicted molar refractivity (Wildman–Crippen MR) is 52.2 cm³/mol. The molecule has 0 spiro atoms. The number of rotatable bonds is 5. The highest BCUT2D eigenvalue weighted by Crippen LogP contribution is 2.36. The summed E-state index contributed by atoms with van der Waals surface area (Å²) in [5.74, 6) is -0.551. The number of hydrogen-bond acceptors (Lipinski definition) is 6. The second kappa shape index (κ2) is 6.53. The van der Waals surface area contributed by atoms with Gasteiger partial charge in [-0.15, -0.1) is 0 Å². The second-order valence-electron chi connectivity index (χ2n) is 1.37. The molecule has 0 heterocycles. The third-order valence-corrected chi connectivity index (χ3v) is 5.23. The minimum absolute atomic E-state index is 0.410. The minimum atomic E-state index is -0.961. The Bertz CT molecular complexity index is 111. The Hall–Kier alpha value is 0.830. The van der Waals surface area contributed by atoms with E-state index in [1.807, 2.05) is 0 Å². The van der Waals surface area contributed by atoms with Gasteiger partial charge in [0, 0.05) is 5.75 Å². The standard InChI is InChI=1S/C3H7NO2S4/c4-2(3(5)6)1-8-10-9-7/h2,7H,1,4H2,(H,5,6)/t2-/m0/s1. The fourth-order valence-corrected chi connectivity index (χ4v) is 3.37. The van der Waals surface area contributed by atoms with Crippen LogP contribution in [-0.2, 0) is 4.79 Å². The highest BCUT2D eigenvalue weighted by atomic mass is 33.7. The first-order valence-corrected chi connectivity index (χ1v) is 6.97. The molecule has 1 atom stereocenters. The van der Waals surface area contributed by atoms with Crippen molar-refractivity contribution in [2.75, 3.05) is 5.75 Å². The van der Waals surface area contributed by atoms with E-state index >= 15 is 0 Å². The van der Waals surface area contributed by atoms with Crippen LogP contribution < -0.4 is 5.73 Å². The molecular weight excluding hydrogens is 210 g/mol. The average molecular weight is 217 g/mol. The molecule has 10 heavy (non-hydrogen) atoms. The zero-order chi connectivity index (χ0) is 7.98. The first-order chi connectivity index (χ1) is 4.68. The normalized spacial score (nSPS) is 13.0. The maximum absolute atomic E-state index is 10.1. The van der Waals surface area contributed by atoms with Crippen molar-refractivity contribution < 1.29 is 9.90 Å². The van der Waals surface area contributed by atoms with E-state index in [0.29, 0.717) is 5.75 Å². The van der Waals surface area contributed by atoms with Gasteiger partial charge < -0.3 is 10.8 Å². The summed E-state index contributed by atoms with van der Waals surface area (Å²) >= 11 is 3.85. The molecule has 0 bridgehead atoms. The molecule has 60 valence electrons. The average Bonchev–Trinajstić information content (AvgIpc) is 1.88. The molecule has 0 unspecified atom stereocenters. The first-order valence-electron chi connectivity index (χ1n) is 2.26. The van der Waals surface area contributed by atoms with Crippen LogP contribution in [0.3, 0.4) is 0 Å². The molecule has 0 aliphatic carbocycles. The van der Waals surface area contributed by atoms with Gasteiger partial charge in [-0.3, -0.25) is 4.79 Å². The Morgan fingerprint density at radius 3 is 2.80 bits per heavy atom. The Balaban J connectivity index is 3.21. The number of aliphatic carboxylic acids is 1. The van der Waals surface area contributed by atoms with Crippen LogP contribution in [0.4, 0.5) is 0 Å². The summed E-state index contributed by atoms with van der Waals surface area (Å²) in [7, 11) is 4.08. The number of carboxylic acid groups (broad SMARTS) is 1. The number of nitrogens with two attached hydrogens (primary N) is 1. The lowest BCUT2D eigenvalue weighted by Gasteiger charge is -2.02. The largest absolute Gasteiger partial charge is 0.480 e. The summed E-state index contributed by atoms with van der Waals surface area (Å²) in [6.07, 6.45) is 0. The van der Waals surface area contributed by atoms with Gasteiger partial charge in [-0.05, 0) is 19.7 Å². The lowest BCUT2D eigenvalue weighted by atomic mass is 10.4. The van der Waals surface area contributed by atoms with Gasteiger partial charge in [-0.2, -0.15) is 0 Å². The van der Waals surface area contributed by atoms with Gasteiger partial charge in [0.15, 0.2) is 0 Å². The molecule has 0 aromatic carbocycles. The second-order valence-corrected chi connectivity index (χ2v) is 6.35. The predicted octanol–water partition coefficient (Wildman–Crippen LogP) is 1.27. The molecule has 0 saturated heterocycles. The molecule has 0 radical (unpaired) electrons. The number of carboxylic acids is 1. The van der Waals surface area contributed by atoms with Crippen LogP contribution in [0.1, 0.15) is 0 Å². The van der Waals surface area contributed by atoms with Crippen LogP contribution in [0.15, 0.2) is 0 Å². The van der Waals surface area contributed by atoms with Crippen LogP contribution in [0.2, 0.25) is 0 Å². The van der Waals surface area contributed by atoms with Gasteiger partial charge in [0.1, 0.15) is 6.04 Å². The quantitative estimate of drug-likeness (QED) is 0.366. The number of hydrogen-bond donors (Lipinski definition) is 3. The Labute approximate surface area is 75.5 Å². The van der Waals surface area contributed by atoms with Crippen LogP contribution >= 0.6 is 42.1 Å². The lowest BCUT2D eigenvalue weighted by molar-refractivity contribution is -0.137. The molecule has 0 aliphatic rings. The van der Waals surface area contributed by atoms with Crippen LogP contribution in [0.25, 0.3) is 0 Å². The van der Waals surface area contributed by atoms with E-state index in [1.54, 1.807) is 0 Å². The third kappa shape index (κ3) is 5.60. The van der Waals surface area contributed by atoms with Crippen molar-refractivity contribution in [3.05, 3.63) is 0 Å². The summed E-state index contributed by atoms with van der Waals surface area (Å²) in [5, 5.41) is 8.31. The van der Waals surface area contributed by atoms with E-state index in [1.165, 1.54) is 30.4 Å². The minimum Gasteiger partial charge on any atom is -0.480 e. The fraction of sp³-hybridized carbons (Fsp3) is 0.667. The van der Waals surface area contributed by atoms with Crippen LogP contribution in [0, 0.1) is 0 Å². The van der Waals surface area contributed by atoms with Crippen molar-refractivity contribution in [2.24, 2.45) is 5.73 Å². The van der Waals surface area contributed by atoms with E-state index in [2.05, 4.69) is 11.7 Å². The van der Waals surface area contributed by atoms with Crippen molar-refractivity contribution >= 4 is 48.1 Å². The van der Waals surface area contributed by atoms with Gasteiger partial charge in [-0.1, -0.05) is 22.5 Å². The SMILES string of the molecule is N[C@@H](CSSSS)C(=O)O.